The van der Waals surface area contributed by atoms with Crippen LogP contribution in [-0.4, -0.2) is 22.2 Å². The van der Waals surface area contributed by atoms with Crippen molar-refractivity contribution in [2.45, 2.75) is 23.1 Å². The Morgan fingerprint density at radius 3 is 2.69 bits per heavy atom. The zero-order chi connectivity index (χ0) is 18.4. The van der Waals surface area contributed by atoms with Crippen molar-refractivity contribution in [2.75, 3.05) is 5.32 Å². The standard InChI is InChI=1S/C18H16ClN3O2S2/c1-12(24-15-10-6-5-9-14(15)19)16(23)20-17-21-22-18(26-17)25-11-13-7-3-2-4-8-13/h2-10,12H,11H2,1H3,(H,20,21,23)/t12-/m1/s1. The van der Waals surface area contributed by atoms with Gasteiger partial charge in [0.15, 0.2) is 10.4 Å². The molecule has 1 heterocycles. The predicted molar refractivity (Wildman–Crippen MR) is 106 cm³/mol. The van der Waals surface area contributed by atoms with Gasteiger partial charge in [-0.25, -0.2) is 0 Å². The van der Waals surface area contributed by atoms with Gasteiger partial charge in [-0.1, -0.05) is 77.2 Å². The van der Waals surface area contributed by atoms with Crippen LogP contribution in [-0.2, 0) is 10.5 Å². The highest BCUT2D eigenvalue weighted by atomic mass is 35.5. The second-order valence-corrected chi connectivity index (χ2v) is 7.93. The third-order valence-electron chi connectivity index (χ3n) is 3.35. The van der Waals surface area contributed by atoms with Gasteiger partial charge in [0.1, 0.15) is 5.75 Å². The Labute approximate surface area is 164 Å². The molecule has 0 aliphatic carbocycles. The van der Waals surface area contributed by atoms with Crippen molar-refractivity contribution in [2.24, 2.45) is 0 Å². The first-order valence-electron chi connectivity index (χ1n) is 7.84. The van der Waals surface area contributed by atoms with Gasteiger partial charge in [-0.3, -0.25) is 10.1 Å². The van der Waals surface area contributed by atoms with E-state index in [0.717, 1.165) is 10.1 Å². The molecule has 8 heteroatoms. The highest BCUT2D eigenvalue weighted by Gasteiger charge is 2.18. The van der Waals surface area contributed by atoms with E-state index in [-0.39, 0.29) is 5.91 Å². The minimum atomic E-state index is -0.709. The number of hydrogen-bond donors (Lipinski definition) is 1. The fourth-order valence-corrected chi connectivity index (χ4v) is 3.92. The molecule has 1 aromatic heterocycles. The van der Waals surface area contributed by atoms with E-state index in [1.807, 2.05) is 18.2 Å². The molecular weight excluding hydrogens is 390 g/mol. The molecule has 1 N–H and O–H groups in total. The van der Waals surface area contributed by atoms with Crippen LogP contribution in [0.25, 0.3) is 0 Å². The highest BCUT2D eigenvalue weighted by Crippen LogP contribution is 2.29. The summed E-state index contributed by atoms with van der Waals surface area (Å²) in [7, 11) is 0. The maximum atomic E-state index is 12.3. The third-order valence-corrected chi connectivity index (χ3v) is 5.71. The lowest BCUT2D eigenvalue weighted by atomic mass is 10.2. The zero-order valence-corrected chi connectivity index (χ0v) is 16.3. The van der Waals surface area contributed by atoms with Crippen LogP contribution in [0.2, 0.25) is 5.02 Å². The molecule has 1 atom stereocenters. The number of carbonyl (C=O) groups is 1. The first-order chi connectivity index (χ1) is 12.6. The Balaban J connectivity index is 1.53. The smallest absolute Gasteiger partial charge is 0.266 e. The normalized spacial score (nSPS) is 11.8. The van der Waals surface area contributed by atoms with Crippen LogP contribution in [0.1, 0.15) is 12.5 Å². The number of anilines is 1. The molecule has 26 heavy (non-hydrogen) atoms. The Hall–Kier alpha value is -2.09. The van der Waals surface area contributed by atoms with E-state index in [1.165, 1.54) is 16.9 Å². The van der Waals surface area contributed by atoms with E-state index in [9.17, 15) is 4.79 Å². The van der Waals surface area contributed by atoms with E-state index in [0.29, 0.717) is 15.9 Å². The van der Waals surface area contributed by atoms with Crippen LogP contribution in [0.4, 0.5) is 5.13 Å². The van der Waals surface area contributed by atoms with Crippen LogP contribution >= 0.6 is 34.7 Å². The maximum Gasteiger partial charge on any atom is 0.266 e. The maximum absolute atomic E-state index is 12.3. The molecule has 5 nitrogen and oxygen atoms in total. The van der Waals surface area contributed by atoms with Crippen molar-refractivity contribution in [3.63, 3.8) is 0 Å². The molecule has 0 aliphatic rings. The molecule has 0 saturated heterocycles. The predicted octanol–water partition coefficient (Wildman–Crippen LogP) is 4.89. The number of nitrogens with one attached hydrogen (secondary N) is 1. The van der Waals surface area contributed by atoms with E-state index in [1.54, 1.807) is 43.0 Å². The van der Waals surface area contributed by atoms with Gasteiger partial charge in [0, 0.05) is 5.75 Å². The lowest BCUT2D eigenvalue weighted by Gasteiger charge is -2.14. The number of carbonyl (C=O) groups excluding carboxylic acids is 1. The number of hydrogen-bond acceptors (Lipinski definition) is 6. The van der Waals surface area contributed by atoms with Crippen molar-refractivity contribution >= 4 is 45.7 Å². The molecule has 0 aliphatic heterocycles. The van der Waals surface area contributed by atoms with Gasteiger partial charge in [0.25, 0.3) is 5.91 Å². The van der Waals surface area contributed by atoms with Crippen molar-refractivity contribution in [1.82, 2.24) is 10.2 Å². The van der Waals surface area contributed by atoms with Gasteiger partial charge in [-0.15, -0.1) is 10.2 Å². The molecule has 0 saturated carbocycles. The average molecular weight is 406 g/mol. The quantitative estimate of drug-likeness (QED) is 0.448. The first kappa shape index (κ1) is 18.7. The molecule has 1 amide bonds. The lowest BCUT2D eigenvalue weighted by molar-refractivity contribution is -0.122. The van der Waals surface area contributed by atoms with Gasteiger partial charge >= 0.3 is 0 Å². The van der Waals surface area contributed by atoms with Crippen molar-refractivity contribution < 1.29 is 9.53 Å². The summed E-state index contributed by atoms with van der Waals surface area (Å²) >= 11 is 8.96. The molecule has 0 fully saturated rings. The molecule has 3 rings (SSSR count). The number of halogens is 1. The number of para-hydroxylation sites is 1. The Kier molecular flexibility index (Phi) is 6.49. The van der Waals surface area contributed by atoms with E-state index < -0.39 is 6.10 Å². The molecule has 2 aromatic carbocycles. The summed E-state index contributed by atoms with van der Waals surface area (Å²) in [6.45, 7) is 1.66. The van der Waals surface area contributed by atoms with Gasteiger partial charge in [0.05, 0.1) is 5.02 Å². The fraction of sp³-hybridized carbons (Fsp3) is 0.167. The van der Waals surface area contributed by atoms with Crippen molar-refractivity contribution in [3.8, 4) is 5.75 Å². The molecular formula is C18H16ClN3O2S2. The van der Waals surface area contributed by atoms with Gasteiger partial charge in [-0.05, 0) is 24.6 Å². The minimum Gasteiger partial charge on any atom is -0.479 e. The third kappa shape index (κ3) is 5.20. The van der Waals surface area contributed by atoms with E-state index in [4.69, 9.17) is 16.3 Å². The second-order valence-electron chi connectivity index (χ2n) is 5.33. The van der Waals surface area contributed by atoms with Gasteiger partial charge < -0.3 is 4.74 Å². The summed E-state index contributed by atoms with van der Waals surface area (Å²) in [6.07, 6.45) is -0.709. The molecule has 0 spiro atoms. The van der Waals surface area contributed by atoms with Crippen molar-refractivity contribution in [1.29, 1.82) is 0 Å². The van der Waals surface area contributed by atoms with E-state index >= 15 is 0 Å². The van der Waals surface area contributed by atoms with E-state index in [2.05, 4.69) is 27.6 Å². The highest BCUT2D eigenvalue weighted by molar-refractivity contribution is 8.00. The number of benzene rings is 2. The average Bonchev–Trinajstić information content (AvgIpc) is 3.10. The van der Waals surface area contributed by atoms with Crippen LogP contribution < -0.4 is 10.1 Å². The van der Waals surface area contributed by atoms with Gasteiger partial charge in [-0.2, -0.15) is 0 Å². The molecule has 0 unspecified atom stereocenters. The van der Waals surface area contributed by atoms with Crippen molar-refractivity contribution in [3.05, 3.63) is 65.2 Å². The monoisotopic (exact) mass is 405 g/mol. The fourth-order valence-electron chi connectivity index (χ4n) is 2.03. The summed E-state index contributed by atoms with van der Waals surface area (Å²) in [5.74, 6) is 0.962. The summed E-state index contributed by atoms with van der Waals surface area (Å²) < 4.78 is 6.39. The number of aromatic nitrogens is 2. The van der Waals surface area contributed by atoms with Crippen LogP contribution in [0.5, 0.6) is 5.75 Å². The molecule has 134 valence electrons. The van der Waals surface area contributed by atoms with Crippen LogP contribution in [0.15, 0.2) is 58.9 Å². The Morgan fingerprint density at radius 2 is 1.92 bits per heavy atom. The Morgan fingerprint density at radius 1 is 1.19 bits per heavy atom. The topological polar surface area (TPSA) is 64.1 Å². The second kappa shape index (κ2) is 9.02. The SMILES string of the molecule is C[C@@H](Oc1ccccc1Cl)C(=O)Nc1nnc(SCc2ccccc2)s1. The summed E-state index contributed by atoms with van der Waals surface area (Å²) in [5, 5.41) is 11.7. The molecule has 0 radical (unpaired) electrons. The van der Waals surface area contributed by atoms with Crippen LogP contribution in [0.3, 0.4) is 0 Å². The summed E-state index contributed by atoms with van der Waals surface area (Å²) in [5.41, 5.74) is 1.21. The minimum absolute atomic E-state index is 0.305. The summed E-state index contributed by atoms with van der Waals surface area (Å²) in [4.78, 5) is 12.3. The number of amides is 1. The first-order valence-corrected chi connectivity index (χ1v) is 10.0. The largest absolute Gasteiger partial charge is 0.479 e. The van der Waals surface area contributed by atoms with Gasteiger partial charge in [0.2, 0.25) is 5.13 Å². The number of rotatable bonds is 7. The zero-order valence-electron chi connectivity index (χ0n) is 13.9. The summed E-state index contributed by atoms with van der Waals surface area (Å²) in [6, 6.07) is 17.1. The number of thioether (sulfide) groups is 1. The molecule has 3 aromatic rings. The number of ether oxygens (including phenoxy) is 1. The number of nitrogens with zero attached hydrogens (tertiary/aromatic N) is 2. The lowest BCUT2D eigenvalue weighted by Crippen LogP contribution is -2.30. The molecule has 0 bridgehead atoms. The Bertz CT molecular complexity index is 874. The van der Waals surface area contributed by atoms with Crippen LogP contribution in [0, 0.1) is 0 Å².